The molecule has 1 saturated heterocycles. The number of carbonyl (C=O) groups excluding carboxylic acids is 1. The van der Waals surface area contributed by atoms with Crippen LogP contribution in [0.5, 0.6) is 0 Å². The standard InChI is InChI=1S/C20H19N3O4S/c24-17(6-8-22-12-21-18-14(19(22)25)7-9-28-18)23-10-15(16(11-23)20(26)27)13-4-2-1-3-5-13/h1-5,7,9,12,15-16H,6,8,10-11H2,(H,26,27)/t15-,16-/m1/s1. The van der Waals surface area contributed by atoms with Gasteiger partial charge in [0.15, 0.2) is 0 Å². The maximum absolute atomic E-state index is 12.7. The lowest BCUT2D eigenvalue weighted by atomic mass is 9.89. The molecule has 1 aliphatic rings. The fourth-order valence-corrected chi connectivity index (χ4v) is 4.45. The van der Waals surface area contributed by atoms with E-state index in [1.165, 1.54) is 22.2 Å². The second-order valence-electron chi connectivity index (χ2n) is 6.89. The molecule has 8 heteroatoms. The normalized spacial score (nSPS) is 19.2. The molecule has 1 aliphatic heterocycles. The Morgan fingerprint density at radius 2 is 1.96 bits per heavy atom. The van der Waals surface area contributed by atoms with Gasteiger partial charge in [0.05, 0.1) is 17.6 Å². The molecule has 2 aromatic heterocycles. The monoisotopic (exact) mass is 397 g/mol. The zero-order chi connectivity index (χ0) is 19.7. The number of carbonyl (C=O) groups is 2. The summed E-state index contributed by atoms with van der Waals surface area (Å²) in [6.45, 7) is 0.779. The molecule has 2 atom stereocenters. The van der Waals surface area contributed by atoms with E-state index in [1.807, 2.05) is 35.7 Å². The zero-order valence-corrected chi connectivity index (χ0v) is 15.8. The number of fused-ring (bicyclic) bond motifs is 1. The van der Waals surface area contributed by atoms with Crippen molar-refractivity contribution in [3.05, 3.63) is 64.0 Å². The van der Waals surface area contributed by atoms with Crippen molar-refractivity contribution in [2.45, 2.75) is 18.9 Å². The number of aromatic nitrogens is 2. The first-order valence-corrected chi connectivity index (χ1v) is 9.90. The van der Waals surface area contributed by atoms with Gasteiger partial charge in [-0.3, -0.25) is 19.0 Å². The van der Waals surface area contributed by atoms with Crippen molar-refractivity contribution >= 4 is 33.4 Å². The van der Waals surface area contributed by atoms with Gasteiger partial charge in [0.1, 0.15) is 4.83 Å². The molecule has 3 aromatic rings. The van der Waals surface area contributed by atoms with E-state index in [0.29, 0.717) is 16.8 Å². The average molecular weight is 397 g/mol. The third kappa shape index (κ3) is 3.43. The van der Waals surface area contributed by atoms with Gasteiger partial charge >= 0.3 is 5.97 Å². The summed E-state index contributed by atoms with van der Waals surface area (Å²) < 4.78 is 1.44. The van der Waals surface area contributed by atoms with Crippen LogP contribution in [-0.2, 0) is 16.1 Å². The van der Waals surface area contributed by atoms with E-state index >= 15 is 0 Å². The molecule has 7 nitrogen and oxygen atoms in total. The van der Waals surface area contributed by atoms with Gasteiger partial charge in [0.25, 0.3) is 5.56 Å². The first kappa shape index (κ1) is 18.4. The molecule has 4 rings (SSSR count). The van der Waals surface area contributed by atoms with E-state index in [2.05, 4.69) is 4.98 Å². The number of likely N-dealkylation sites (tertiary alicyclic amines) is 1. The van der Waals surface area contributed by atoms with Crippen LogP contribution in [0.15, 0.2) is 52.9 Å². The highest BCUT2D eigenvalue weighted by Crippen LogP contribution is 2.33. The van der Waals surface area contributed by atoms with Crippen molar-refractivity contribution in [2.75, 3.05) is 13.1 Å². The number of nitrogens with zero attached hydrogens (tertiary/aromatic N) is 3. The van der Waals surface area contributed by atoms with Gasteiger partial charge in [-0.25, -0.2) is 4.98 Å². The highest BCUT2D eigenvalue weighted by molar-refractivity contribution is 7.16. The van der Waals surface area contributed by atoms with Gasteiger partial charge in [-0.15, -0.1) is 11.3 Å². The number of hydrogen-bond donors (Lipinski definition) is 1. The Morgan fingerprint density at radius 3 is 2.71 bits per heavy atom. The minimum absolute atomic E-state index is 0.130. The number of amides is 1. The van der Waals surface area contributed by atoms with Crippen LogP contribution in [0, 0.1) is 5.92 Å². The summed E-state index contributed by atoms with van der Waals surface area (Å²) in [5, 5.41) is 11.9. The number of thiophene rings is 1. The van der Waals surface area contributed by atoms with Crippen molar-refractivity contribution in [3.8, 4) is 0 Å². The molecular formula is C20H19N3O4S. The topological polar surface area (TPSA) is 92.5 Å². The molecule has 1 N–H and O–H groups in total. The Kier molecular flexibility index (Phi) is 4.95. The summed E-state index contributed by atoms with van der Waals surface area (Å²) in [7, 11) is 0. The highest BCUT2D eigenvalue weighted by atomic mass is 32.1. The summed E-state index contributed by atoms with van der Waals surface area (Å²) in [4.78, 5) is 43.3. The lowest BCUT2D eigenvalue weighted by molar-refractivity contribution is -0.141. The van der Waals surface area contributed by atoms with Crippen molar-refractivity contribution < 1.29 is 14.7 Å². The summed E-state index contributed by atoms with van der Waals surface area (Å²) in [5.41, 5.74) is 0.763. The number of hydrogen-bond acceptors (Lipinski definition) is 5. The minimum atomic E-state index is -0.896. The first-order valence-electron chi connectivity index (χ1n) is 9.03. The molecule has 28 heavy (non-hydrogen) atoms. The lowest BCUT2D eigenvalue weighted by Gasteiger charge is -2.17. The Labute approximate surface area is 164 Å². The maximum Gasteiger partial charge on any atom is 0.308 e. The van der Waals surface area contributed by atoms with Gasteiger partial charge in [0, 0.05) is 32.0 Å². The molecule has 0 bridgehead atoms. The van der Waals surface area contributed by atoms with Crippen LogP contribution in [0.3, 0.4) is 0 Å². The van der Waals surface area contributed by atoms with Crippen LogP contribution in [0.25, 0.3) is 10.2 Å². The second kappa shape index (κ2) is 7.55. The Morgan fingerprint density at radius 1 is 1.18 bits per heavy atom. The fraction of sp³-hybridized carbons (Fsp3) is 0.300. The summed E-state index contributed by atoms with van der Waals surface area (Å²) in [6.07, 6.45) is 1.59. The first-order chi connectivity index (χ1) is 13.5. The predicted octanol–water partition coefficient (Wildman–Crippen LogP) is 2.17. The molecule has 0 aliphatic carbocycles. The smallest absolute Gasteiger partial charge is 0.308 e. The van der Waals surface area contributed by atoms with Crippen molar-refractivity contribution in [2.24, 2.45) is 5.92 Å². The van der Waals surface area contributed by atoms with Crippen LogP contribution >= 0.6 is 11.3 Å². The van der Waals surface area contributed by atoms with Crippen LogP contribution in [0.2, 0.25) is 0 Å². The SMILES string of the molecule is O=C(O)[C@@H]1CN(C(=O)CCn2cnc3sccc3c2=O)C[C@@H]1c1ccccc1. The third-order valence-electron chi connectivity index (χ3n) is 5.23. The minimum Gasteiger partial charge on any atom is -0.481 e. The number of benzene rings is 1. The van der Waals surface area contributed by atoms with E-state index in [0.717, 1.165) is 5.56 Å². The van der Waals surface area contributed by atoms with Crippen LogP contribution in [0.1, 0.15) is 17.9 Å². The van der Waals surface area contributed by atoms with Gasteiger partial charge in [-0.2, -0.15) is 0 Å². The molecular weight excluding hydrogens is 378 g/mol. The number of rotatable bonds is 5. The van der Waals surface area contributed by atoms with E-state index in [1.54, 1.807) is 11.0 Å². The fourth-order valence-electron chi connectivity index (χ4n) is 3.72. The third-order valence-corrected chi connectivity index (χ3v) is 6.06. The molecule has 0 radical (unpaired) electrons. The molecule has 0 saturated carbocycles. The predicted molar refractivity (Wildman–Crippen MR) is 105 cm³/mol. The molecule has 0 unspecified atom stereocenters. The summed E-state index contributed by atoms with van der Waals surface area (Å²) >= 11 is 1.40. The molecule has 1 aromatic carbocycles. The lowest BCUT2D eigenvalue weighted by Crippen LogP contribution is -2.31. The van der Waals surface area contributed by atoms with E-state index in [4.69, 9.17) is 0 Å². The number of aryl methyl sites for hydroxylation is 1. The van der Waals surface area contributed by atoms with Crippen molar-refractivity contribution in [1.82, 2.24) is 14.5 Å². The van der Waals surface area contributed by atoms with Gasteiger partial charge in [-0.1, -0.05) is 30.3 Å². The second-order valence-corrected chi connectivity index (χ2v) is 7.79. The van der Waals surface area contributed by atoms with E-state index < -0.39 is 11.9 Å². The Bertz CT molecular complexity index is 1080. The summed E-state index contributed by atoms with van der Waals surface area (Å²) in [6, 6.07) is 11.2. The molecule has 3 heterocycles. The largest absolute Gasteiger partial charge is 0.481 e. The summed E-state index contributed by atoms with van der Waals surface area (Å²) in [5.74, 6) is -1.90. The highest BCUT2D eigenvalue weighted by Gasteiger charge is 2.40. The van der Waals surface area contributed by atoms with E-state index in [-0.39, 0.29) is 36.9 Å². The van der Waals surface area contributed by atoms with Gasteiger partial charge < -0.3 is 10.0 Å². The maximum atomic E-state index is 12.7. The van der Waals surface area contributed by atoms with Crippen molar-refractivity contribution in [1.29, 1.82) is 0 Å². The number of aliphatic carboxylic acids is 1. The zero-order valence-electron chi connectivity index (χ0n) is 15.0. The molecule has 144 valence electrons. The van der Waals surface area contributed by atoms with Gasteiger partial charge in [-0.05, 0) is 17.0 Å². The molecule has 0 spiro atoms. The molecule has 1 amide bonds. The Balaban J connectivity index is 1.46. The van der Waals surface area contributed by atoms with Gasteiger partial charge in [0.2, 0.25) is 5.91 Å². The van der Waals surface area contributed by atoms with Crippen LogP contribution in [0.4, 0.5) is 0 Å². The van der Waals surface area contributed by atoms with Crippen LogP contribution < -0.4 is 5.56 Å². The quantitative estimate of drug-likeness (QED) is 0.712. The van der Waals surface area contributed by atoms with E-state index in [9.17, 15) is 19.5 Å². The van der Waals surface area contributed by atoms with Crippen molar-refractivity contribution in [3.63, 3.8) is 0 Å². The number of carboxylic acids is 1. The Hall–Kier alpha value is -3.00. The number of carboxylic acid groups (broad SMARTS) is 1. The average Bonchev–Trinajstić information content (AvgIpc) is 3.36. The van der Waals surface area contributed by atoms with Crippen LogP contribution in [-0.4, -0.2) is 44.5 Å². The molecule has 1 fully saturated rings.